The molecule has 6 heteroatoms. The van der Waals surface area contributed by atoms with Crippen molar-refractivity contribution in [3.05, 3.63) is 72.2 Å². The van der Waals surface area contributed by atoms with Gasteiger partial charge in [-0.1, -0.05) is 29.8 Å². The molecule has 1 aromatic carbocycles. The molecule has 0 spiro atoms. The van der Waals surface area contributed by atoms with Crippen molar-refractivity contribution >= 4 is 16.9 Å². The van der Waals surface area contributed by atoms with Gasteiger partial charge in [0.15, 0.2) is 0 Å². The fourth-order valence-electron chi connectivity index (χ4n) is 4.83. The summed E-state index contributed by atoms with van der Waals surface area (Å²) in [5, 5.41) is 6.85. The monoisotopic (exact) mass is 427 g/mol. The minimum absolute atomic E-state index is 0.268. The van der Waals surface area contributed by atoms with Crippen molar-refractivity contribution in [2.24, 2.45) is 5.92 Å². The molecule has 5 rings (SSSR count). The number of carbonyl (C=O) groups is 1. The number of hydrogen-bond donors (Lipinski definition) is 1. The summed E-state index contributed by atoms with van der Waals surface area (Å²) in [5.41, 5.74) is 6.51. The van der Waals surface area contributed by atoms with E-state index in [0.29, 0.717) is 12.3 Å². The van der Waals surface area contributed by atoms with Crippen LogP contribution >= 0.6 is 0 Å². The highest BCUT2D eigenvalue weighted by molar-refractivity contribution is 5.79. The van der Waals surface area contributed by atoms with Gasteiger partial charge in [0.1, 0.15) is 0 Å². The summed E-state index contributed by atoms with van der Waals surface area (Å²) in [6, 6.07) is 15.0. The molecule has 4 heterocycles. The molecule has 1 fully saturated rings. The highest BCUT2D eigenvalue weighted by Gasteiger charge is 2.32. The van der Waals surface area contributed by atoms with Crippen LogP contribution in [0.4, 0.5) is 0 Å². The molecule has 0 radical (unpaired) electrons. The first-order valence-corrected chi connectivity index (χ1v) is 11.4. The van der Waals surface area contributed by atoms with Crippen LogP contribution in [-0.2, 0) is 17.8 Å². The number of H-pyrrole nitrogens is 1. The molecular formula is C26H29N5O. The zero-order valence-corrected chi connectivity index (χ0v) is 18.7. The van der Waals surface area contributed by atoms with Crippen LogP contribution in [0.1, 0.15) is 30.9 Å². The van der Waals surface area contributed by atoms with E-state index in [-0.39, 0.29) is 11.9 Å². The summed E-state index contributed by atoms with van der Waals surface area (Å²) in [5.74, 6) is 0.724. The van der Waals surface area contributed by atoms with E-state index in [9.17, 15) is 4.79 Å². The van der Waals surface area contributed by atoms with Crippen molar-refractivity contribution in [3.63, 3.8) is 0 Å². The van der Waals surface area contributed by atoms with Crippen molar-refractivity contribution < 1.29 is 4.79 Å². The number of aryl methyl sites for hydroxylation is 2. The highest BCUT2D eigenvalue weighted by atomic mass is 16.2. The number of pyridine rings is 1. The van der Waals surface area contributed by atoms with E-state index in [1.807, 2.05) is 12.3 Å². The molecule has 1 amide bonds. The van der Waals surface area contributed by atoms with Gasteiger partial charge in [0.05, 0.1) is 22.9 Å². The Bertz CT molecular complexity index is 1210. The minimum atomic E-state index is 0.268. The van der Waals surface area contributed by atoms with Gasteiger partial charge >= 0.3 is 0 Å². The topological polar surface area (TPSA) is 66.8 Å². The van der Waals surface area contributed by atoms with Gasteiger partial charge in [-0.25, -0.2) is 4.98 Å². The number of amides is 1. The van der Waals surface area contributed by atoms with Crippen LogP contribution < -0.4 is 0 Å². The molecule has 1 saturated heterocycles. The van der Waals surface area contributed by atoms with Gasteiger partial charge in [-0.3, -0.25) is 9.89 Å². The van der Waals surface area contributed by atoms with Gasteiger partial charge in [0.2, 0.25) is 5.91 Å². The second-order valence-corrected chi connectivity index (χ2v) is 9.04. The van der Waals surface area contributed by atoms with E-state index in [4.69, 9.17) is 4.98 Å². The van der Waals surface area contributed by atoms with Gasteiger partial charge in [0.25, 0.3) is 0 Å². The molecule has 0 saturated carbocycles. The molecule has 164 valence electrons. The standard InChI is InChI=1S/C26H29N5O/c1-18-3-5-20(6-4-18)7-10-26(32)31-17-21(13-19(31)2)16-30-12-11-24-25(30)9-8-23(29-24)22-14-27-28-15-22/h3-6,8-9,11-12,14-15,19,21H,7,10,13,16-17H2,1-2H3,(H,27,28)/t19-,21?/m1/s1. The lowest BCUT2D eigenvalue weighted by molar-refractivity contribution is -0.131. The number of benzene rings is 1. The van der Waals surface area contributed by atoms with Crippen LogP contribution in [0.15, 0.2) is 61.1 Å². The van der Waals surface area contributed by atoms with Crippen LogP contribution in [0.5, 0.6) is 0 Å². The van der Waals surface area contributed by atoms with Crippen molar-refractivity contribution in [1.29, 1.82) is 0 Å². The molecule has 1 aliphatic rings. The summed E-state index contributed by atoms with van der Waals surface area (Å²) < 4.78 is 2.28. The molecule has 6 nitrogen and oxygen atoms in total. The lowest BCUT2D eigenvalue weighted by Gasteiger charge is -2.21. The third-order valence-electron chi connectivity index (χ3n) is 6.60. The lowest BCUT2D eigenvalue weighted by atomic mass is 10.1. The molecule has 0 bridgehead atoms. The van der Waals surface area contributed by atoms with Crippen LogP contribution in [-0.4, -0.2) is 43.1 Å². The molecule has 1 aliphatic heterocycles. The fourth-order valence-corrected chi connectivity index (χ4v) is 4.83. The summed E-state index contributed by atoms with van der Waals surface area (Å²) in [4.78, 5) is 19.8. The second-order valence-electron chi connectivity index (χ2n) is 9.04. The average molecular weight is 428 g/mol. The van der Waals surface area contributed by atoms with Crippen LogP contribution in [0.25, 0.3) is 22.3 Å². The summed E-state index contributed by atoms with van der Waals surface area (Å²) >= 11 is 0. The van der Waals surface area contributed by atoms with Crippen molar-refractivity contribution in [2.75, 3.05) is 6.54 Å². The first-order chi connectivity index (χ1) is 15.6. The Kier molecular flexibility index (Phi) is 5.52. The molecule has 1 unspecified atom stereocenters. The Hall–Kier alpha value is -3.41. The zero-order chi connectivity index (χ0) is 22.1. The SMILES string of the molecule is Cc1ccc(CCC(=O)N2CC(Cn3ccc4nc(-c5cn[nH]c5)ccc43)C[C@H]2C)cc1. The van der Waals surface area contributed by atoms with Crippen LogP contribution in [0.3, 0.4) is 0 Å². The largest absolute Gasteiger partial charge is 0.346 e. The number of nitrogens with one attached hydrogen (secondary N) is 1. The third-order valence-corrected chi connectivity index (χ3v) is 6.60. The Morgan fingerprint density at radius 1 is 1.16 bits per heavy atom. The lowest BCUT2D eigenvalue weighted by Crippen LogP contribution is -2.34. The Labute approximate surface area is 188 Å². The fraction of sp³-hybridized carbons (Fsp3) is 0.346. The zero-order valence-electron chi connectivity index (χ0n) is 18.7. The maximum absolute atomic E-state index is 12.9. The molecule has 1 N–H and O–H groups in total. The van der Waals surface area contributed by atoms with Crippen LogP contribution in [0, 0.1) is 12.8 Å². The van der Waals surface area contributed by atoms with E-state index in [0.717, 1.165) is 48.2 Å². The summed E-state index contributed by atoms with van der Waals surface area (Å²) in [6.07, 6.45) is 8.18. The maximum atomic E-state index is 12.9. The normalized spacial score (nSPS) is 18.5. The smallest absolute Gasteiger partial charge is 0.223 e. The van der Waals surface area contributed by atoms with E-state index < -0.39 is 0 Å². The molecule has 2 atom stereocenters. The summed E-state index contributed by atoms with van der Waals surface area (Å²) in [6.45, 7) is 6.00. The van der Waals surface area contributed by atoms with Crippen molar-refractivity contribution in [2.45, 2.75) is 45.7 Å². The van der Waals surface area contributed by atoms with Gasteiger partial charge < -0.3 is 9.47 Å². The van der Waals surface area contributed by atoms with E-state index >= 15 is 0 Å². The second kappa shape index (κ2) is 8.61. The Morgan fingerprint density at radius 2 is 2.00 bits per heavy atom. The third kappa shape index (κ3) is 4.17. The van der Waals surface area contributed by atoms with Crippen LogP contribution in [0.2, 0.25) is 0 Å². The number of hydrogen-bond acceptors (Lipinski definition) is 3. The number of fused-ring (bicyclic) bond motifs is 1. The van der Waals surface area contributed by atoms with Crippen molar-refractivity contribution in [1.82, 2.24) is 24.6 Å². The number of likely N-dealkylation sites (tertiary alicyclic amines) is 1. The highest BCUT2D eigenvalue weighted by Crippen LogP contribution is 2.28. The number of aromatic amines is 1. The predicted octanol–water partition coefficient (Wildman–Crippen LogP) is 4.60. The van der Waals surface area contributed by atoms with Crippen molar-refractivity contribution in [3.8, 4) is 11.3 Å². The number of nitrogens with zero attached hydrogens (tertiary/aromatic N) is 4. The summed E-state index contributed by atoms with van der Waals surface area (Å²) in [7, 11) is 0. The molecule has 4 aromatic rings. The molecule has 32 heavy (non-hydrogen) atoms. The molecule has 0 aliphatic carbocycles. The predicted molar refractivity (Wildman–Crippen MR) is 126 cm³/mol. The van der Waals surface area contributed by atoms with E-state index in [2.05, 4.69) is 76.1 Å². The van der Waals surface area contributed by atoms with Gasteiger partial charge in [-0.2, -0.15) is 5.10 Å². The molecule has 3 aromatic heterocycles. The van der Waals surface area contributed by atoms with E-state index in [1.54, 1.807) is 6.20 Å². The molecular weight excluding hydrogens is 398 g/mol. The first kappa shape index (κ1) is 20.5. The van der Waals surface area contributed by atoms with E-state index in [1.165, 1.54) is 11.1 Å². The average Bonchev–Trinajstić information content (AvgIpc) is 3.54. The van der Waals surface area contributed by atoms with Gasteiger partial charge in [0, 0.05) is 43.5 Å². The minimum Gasteiger partial charge on any atom is -0.346 e. The Balaban J connectivity index is 1.22. The van der Waals surface area contributed by atoms with Gasteiger partial charge in [-0.15, -0.1) is 0 Å². The number of rotatable bonds is 6. The Morgan fingerprint density at radius 3 is 2.78 bits per heavy atom. The number of carbonyl (C=O) groups excluding carboxylic acids is 1. The van der Waals surface area contributed by atoms with Gasteiger partial charge in [-0.05, 0) is 56.4 Å². The quantitative estimate of drug-likeness (QED) is 0.489. The maximum Gasteiger partial charge on any atom is 0.223 e. The first-order valence-electron chi connectivity index (χ1n) is 11.4. The number of aromatic nitrogens is 4.